The van der Waals surface area contributed by atoms with Crippen LogP contribution in [0.4, 0.5) is 0 Å². The fourth-order valence-electron chi connectivity index (χ4n) is 2.76. The molecule has 0 atom stereocenters. The highest BCUT2D eigenvalue weighted by Gasteiger charge is 2.28. The van der Waals surface area contributed by atoms with E-state index in [1.54, 1.807) is 34.8 Å². The summed E-state index contributed by atoms with van der Waals surface area (Å²) in [5.41, 5.74) is 0.763. The Hall–Kier alpha value is -1.37. The van der Waals surface area contributed by atoms with Crippen LogP contribution in [-0.4, -0.2) is 35.6 Å². The van der Waals surface area contributed by atoms with Crippen LogP contribution in [0.2, 0.25) is 5.02 Å². The van der Waals surface area contributed by atoms with Gasteiger partial charge in [-0.05, 0) is 36.6 Å². The lowest BCUT2D eigenvalue weighted by atomic mass is 10.1. The van der Waals surface area contributed by atoms with Crippen molar-refractivity contribution in [2.24, 2.45) is 0 Å². The van der Waals surface area contributed by atoms with Gasteiger partial charge in [-0.25, -0.2) is 12.7 Å². The molecule has 0 spiro atoms. The molecular weight excluding hydrogens is 322 g/mol. The Kier molecular flexibility index (Phi) is 4.52. The zero-order chi connectivity index (χ0) is 15.6. The highest BCUT2D eigenvalue weighted by molar-refractivity contribution is 7.88. The van der Waals surface area contributed by atoms with E-state index in [1.807, 2.05) is 16.9 Å². The van der Waals surface area contributed by atoms with Crippen molar-refractivity contribution in [3.05, 3.63) is 53.3 Å². The minimum atomic E-state index is -3.28. The lowest BCUT2D eigenvalue weighted by Crippen LogP contribution is -2.39. The highest BCUT2D eigenvalue weighted by Crippen LogP contribution is 2.24. The minimum Gasteiger partial charge on any atom is -0.270 e. The van der Waals surface area contributed by atoms with Crippen LogP contribution in [-0.2, 0) is 15.8 Å². The Labute approximate surface area is 135 Å². The third kappa shape index (κ3) is 3.51. The Morgan fingerprint density at radius 3 is 2.45 bits per heavy atom. The van der Waals surface area contributed by atoms with Gasteiger partial charge >= 0.3 is 0 Å². The van der Waals surface area contributed by atoms with Gasteiger partial charge < -0.3 is 0 Å². The molecule has 0 bridgehead atoms. The summed E-state index contributed by atoms with van der Waals surface area (Å²) in [6.45, 7) is 1.08. The first-order chi connectivity index (χ1) is 10.5. The maximum atomic E-state index is 12.5. The van der Waals surface area contributed by atoms with E-state index in [0.717, 1.165) is 18.4 Å². The summed E-state index contributed by atoms with van der Waals surface area (Å²) >= 11 is 5.83. The molecule has 1 aromatic heterocycles. The van der Waals surface area contributed by atoms with Crippen molar-refractivity contribution >= 4 is 21.6 Å². The molecule has 1 aromatic carbocycles. The predicted molar refractivity (Wildman–Crippen MR) is 86.1 cm³/mol. The highest BCUT2D eigenvalue weighted by atomic mass is 35.5. The van der Waals surface area contributed by atoms with E-state index < -0.39 is 10.0 Å². The molecule has 0 radical (unpaired) electrons. The molecule has 5 nitrogen and oxygen atoms in total. The first kappa shape index (κ1) is 15.5. The average molecular weight is 340 g/mol. The van der Waals surface area contributed by atoms with E-state index in [-0.39, 0.29) is 11.8 Å². The molecule has 0 N–H and O–H groups in total. The summed E-state index contributed by atoms with van der Waals surface area (Å²) < 4.78 is 28.5. The second kappa shape index (κ2) is 6.40. The number of nitrogens with zero attached hydrogens (tertiary/aromatic N) is 3. The number of aromatic nitrogens is 2. The number of sulfonamides is 1. The van der Waals surface area contributed by atoms with Gasteiger partial charge in [0.05, 0.1) is 11.8 Å². The molecule has 0 unspecified atom stereocenters. The predicted octanol–water partition coefficient (Wildman–Crippen LogP) is 2.70. The minimum absolute atomic E-state index is 0.0244. The van der Waals surface area contributed by atoms with Gasteiger partial charge in [-0.1, -0.05) is 23.7 Å². The zero-order valence-electron chi connectivity index (χ0n) is 12.1. The van der Waals surface area contributed by atoms with E-state index in [1.165, 1.54) is 0 Å². The molecule has 118 valence electrons. The quantitative estimate of drug-likeness (QED) is 0.860. The first-order valence-corrected chi connectivity index (χ1v) is 9.25. The topological polar surface area (TPSA) is 55.2 Å². The van der Waals surface area contributed by atoms with Crippen molar-refractivity contribution in [2.45, 2.75) is 24.6 Å². The van der Waals surface area contributed by atoms with Gasteiger partial charge in [-0.15, -0.1) is 0 Å². The van der Waals surface area contributed by atoms with Crippen LogP contribution in [0.25, 0.3) is 0 Å². The number of hydrogen-bond acceptors (Lipinski definition) is 3. The summed E-state index contributed by atoms with van der Waals surface area (Å²) in [5, 5.41) is 4.85. The number of piperidine rings is 1. The number of benzene rings is 1. The molecular formula is C15H18ClN3O2S. The van der Waals surface area contributed by atoms with E-state index >= 15 is 0 Å². The van der Waals surface area contributed by atoms with E-state index in [0.29, 0.717) is 18.1 Å². The first-order valence-electron chi connectivity index (χ1n) is 7.26. The monoisotopic (exact) mass is 339 g/mol. The summed E-state index contributed by atoms with van der Waals surface area (Å²) in [7, 11) is -3.28. The van der Waals surface area contributed by atoms with Crippen molar-refractivity contribution in [3.8, 4) is 0 Å². The van der Waals surface area contributed by atoms with Crippen LogP contribution in [0.1, 0.15) is 24.4 Å². The maximum Gasteiger partial charge on any atom is 0.218 e. The van der Waals surface area contributed by atoms with Crippen molar-refractivity contribution in [3.63, 3.8) is 0 Å². The van der Waals surface area contributed by atoms with Crippen LogP contribution in [0.15, 0.2) is 42.7 Å². The summed E-state index contributed by atoms with van der Waals surface area (Å²) in [4.78, 5) is 0. The Balaban J connectivity index is 1.63. The van der Waals surface area contributed by atoms with Crippen LogP contribution in [0, 0.1) is 0 Å². The van der Waals surface area contributed by atoms with Gasteiger partial charge in [0.15, 0.2) is 0 Å². The van der Waals surface area contributed by atoms with Crippen molar-refractivity contribution in [2.75, 3.05) is 13.1 Å². The molecule has 1 aliphatic rings. The van der Waals surface area contributed by atoms with E-state index in [9.17, 15) is 8.42 Å². The van der Waals surface area contributed by atoms with E-state index in [4.69, 9.17) is 11.6 Å². The summed E-state index contributed by atoms with van der Waals surface area (Å²) in [5.74, 6) is 0.0244. The normalized spacial score (nSPS) is 17.7. The van der Waals surface area contributed by atoms with Gasteiger partial charge in [0, 0.05) is 30.5 Å². The number of rotatable bonds is 4. The standard InChI is InChI=1S/C15H18ClN3O2S/c16-14-4-2-13(3-5-14)12-22(20,21)18-10-6-15(7-11-18)19-9-1-8-17-19/h1-5,8-9,15H,6-7,10-12H2. The smallest absolute Gasteiger partial charge is 0.218 e. The van der Waals surface area contributed by atoms with Gasteiger partial charge in [0.1, 0.15) is 0 Å². The lowest BCUT2D eigenvalue weighted by molar-refractivity contribution is 0.261. The van der Waals surface area contributed by atoms with Crippen molar-refractivity contribution in [1.82, 2.24) is 14.1 Å². The maximum absolute atomic E-state index is 12.5. The third-order valence-electron chi connectivity index (χ3n) is 3.98. The summed E-state index contributed by atoms with van der Waals surface area (Å²) in [6, 6.07) is 9.14. The molecule has 1 fully saturated rings. The second-order valence-corrected chi connectivity index (χ2v) is 7.90. The van der Waals surface area contributed by atoms with Gasteiger partial charge in [0.2, 0.25) is 10.0 Å². The fraction of sp³-hybridized carbons (Fsp3) is 0.400. The van der Waals surface area contributed by atoms with Crippen molar-refractivity contribution < 1.29 is 8.42 Å². The van der Waals surface area contributed by atoms with Gasteiger partial charge in [-0.3, -0.25) is 4.68 Å². The van der Waals surface area contributed by atoms with Crippen molar-refractivity contribution in [1.29, 1.82) is 0 Å². The molecule has 7 heteroatoms. The number of halogens is 1. The van der Waals surface area contributed by atoms with Crippen LogP contribution in [0.3, 0.4) is 0 Å². The third-order valence-corrected chi connectivity index (χ3v) is 6.08. The van der Waals surface area contributed by atoms with E-state index in [2.05, 4.69) is 5.10 Å². The molecule has 1 aliphatic heterocycles. The SMILES string of the molecule is O=S(=O)(Cc1ccc(Cl)cc1)N1CCC(n2cccn2)CC1. The Bertz CT molecular complexity index is 706. The van der Waals surface area contributed by atoms with Crippen LogP contribution in [0.5, 0.6) is 0 Å². The number of hydrogen-bond donors (Lipinski definition) is 0. The molecule has 3 rings (SSSR count). The van der Waals surface area contributed by atoms with Gasteiger partial charge in [0.25, 0.3) is 0 Å². The molecule has 0 aliphatic carbocycles. The molecule has 2 heterocycles. The van der Waals surface area contributed by atoms with Crippen LogP contribution < -0.4 is 0 Å². The van der Waals surface area contributed by atoms with Crippen LogP contribution >= 0.6 is 11.6 Å². The molecule has 0 amide bonds. The molecule has 22 heavy (non-hydrogen) atoms. The molecule has 0 saturated carbocycles. The fourth-order valence-corrected chi connectivity index (χ4v) is 4.45. The van der Waals surface area contributed by atoms with Gasteiger partial charge in [-0.2, -0.15) is 5.10 Å². The Morgan fingerprint density at radius 1 is 1.18 bits per heavy atom. The second-order valence-electron chi connectivity index (χ2n) is 5.50. The molecule has 2 aromatic rings. The summed E-state index contributed by atoms with van der Waals surface area (Å²) in [6.07, 6.45) is 5.27. The average Bonchev–Trinajstić information content (AvgIpc) is 3.04. The Morgan fingerprint density at radius 2 is 1.86 bits per heavy atom. The largest absolute Gasteiger partial charge is 0.270 e. The molecule has 1 saturated heterocycles. The lowest BCUT2D eigenvalue weighted by Gasteiger charge is -2.31. The zero-order valence-corrected chi connectivity index (χ0v) is 13.7.